The highest BCUT2D eigenvalue weighted by atomic mass is 32.2. The molecule has 2 aromatic carbocycles. The first kappa shape index (κ1) is 17.8. The van der Waals surface area contributed by atoms with Gasteiger partial charge in [-0.1, -0.05) is 35.9 Å². The molecule has 1 aliphatic rings. The van der Waals surface area contributed by atoms with Gasteiger partial charge in [0.25, 0.3) is 0 Å². The van der Waals surface area contributed by atoms with Crippen molar-refractivity contribution in [3.63, 3.8) is 0 Å². The molecular weight excluding hydrogens is 332 g/mol. The van der Waals surface area contributed by atoms with Gasteiger partial charge in [0.05, 0.1) is 18.9 Å². The quantitative estimate of drug-likeness (QED) is 0.835. The van der Waals surface area contributed by atoms with Crippen molar-refractivity contribution in [3.05, 3.63) is 59.7 Å². The van der Waals surface area contributed by atoms with Crippen LogP contribution in [-0.4, -0.2) is 43.3 Å². The van der Waals surface area contributed by atoms with Gasteiger partial charge in [0, 0.05) is 30.1 Å². The van der Waals surface area contributed by atoms with Gasteiger partial charge in [-0.25, -0.2) is 0 Å². The maximum atomic E-state index is 12.9. The van der Waals surface area contributed by atoms with Crippen LogP contribution < -0.4 is 10.1 Å². The van der Waals surface area contributed by atoms with Gasteiger partial charge >= 0.3 is 0 Å². The van der Waals surface area contributed by atoms with Crippen molar-refractivity contribution < 1.29 is 9.53 Å². The summed E-state index contributed by atoms with van der Waals surface area (Å²) in [5, 5.41) is 3.39. The summed E-state index contributed by atoms with van der Waals surface area (Å²) in [5.74, 6) is 1.46. The molecule has 1 aliphatic heterocycles. The summed E-state index contributed by atoms with van der Waals surface area (Å²) in [6.07, 6.45) is 0. The Balaban J connectivity index is 1.71. The van der Waals surface area contributed by atoms with Crippen LogP contribution in [0.2, 0.25) is 0 Å². The van der Waals surface area contributed by atoms with Gasteiger partial charge in [0.15, 0.2) is 0 Å². The van der Waals surface area contributed by atoms with Gasteiger partial charge in [-0.2, -0.15) is 0 Å². The van der Waals surface area contributed by atoms with Gasteiger partial charge in [-0.3, -0.25) is 4.79 Å². The van der Waals surface area contributed by atoms with Gasteiger partial charge in [0.2, 0.25) is 5.91 Å². The monoisotopic (exact) mass is 356 g/mol. The lowest BCUT2D eigenvalue weighted by Gasteiger charge is -2.37. The number of amides is 1. The molecule has 0 spiro atoms. The molecule has 0 saturated carbocycles. The Morgan fingerprint density at radius 3 is 2.76 bits per heavy atom. The Hall–Kier alpha value is -1.98. The van der Waals surface area contributed by atoms with Crippen molar-refractivity contribution in [1.29, 1.82) is 0 Å². The van der Waals surface area contributed by atoms with E-state index in [1.54, 1.807) is 18.9 Å². The molecule has 1 N–H and O–H groups in total. The number of ether oxygens (including phenoxy) is 1. The highest BCUT2D eigenvalue weighted by molar-refractivity contribution is 8.00. The van der Waals surface area contributed by atoms with E-state index < -0.39 is 0 Å². The van der Waals surface area contributed by atoms with E-state index in [1.165, 1.54) is 5.56 Å². The molecule has 0 bridgehead atoms. The van der Waals surface area contributed by atoms with Crippen LogP contribution in [0, 0.1) is 6.92 Å². The molecule has 1 atom stereocenters. The molecule has 1 unspecified atom stereocenters. The summed E-state index contributed by atoms with van der Waals surface area (Å²) >= 11 is 1.60. The lowest BCUT2D eigenvalue weighted by atomic mass is 10.0. The van der Waals surface area contributed by atoms with Gasteiger partial charge in [-0.05, 0) is 25.1 Å². The highest BCUT2D eigenvalue weighted by Crippen LogP contribution is 2.31. The summed E-state index contributed by atoms with van der Waals surface area (Å²) in [5.41, 5.74) is 2.29. The molecule has 4 nitrogen and oxygen atoms in total. The molecule has 2 aromatic rings. The number of methoxy groups -OCH3 is 1. The van der Waals surface area contributed by atoms with Crippen molar-refractivity contribution in [3.8, 4) is 5.75 Å². The Kier molecular flexibility index (Phi) is 6.00. The van der Waals surface area contributed by atoms with Crippen LogP contribution in [0.1, 0.15) is 17.2 Å². The molecule has 1 saturated heterocycles. The fraction of sp³-hybridized carbons (Fsp3) is 0.350. The van der Waals surface area contributed by atoms with E-state index >= 15 is 0 Å². The SMILES string of the molecule is COc1ccccc1C1CNCCN1C(=O)CSc1ccc(C)cc1. The maximum absolute atomic E-state index is 12.9. The third kappa shape index (κ3) is 4.35. The predicted molar refractivity (Wildman–Crippen MR) is 102 cm³/mol. The molecule has 132 valence electrons. The van der Waals surface area contributed by atoms with Crippen LogP contribution in [0.4, 0.5) is 0 Å². The van der Waals surface area contributed by atoms with Crippen molar-refractivity contribution in [2.24, 2.45) is 0 Å². The number of benzene rings is 2. The normalized spacial score (nSPS) is 17.4. The van der Waals surface area contributed by atoms with Gasteiger partial charge in [-0.15, -0.1) is 11.8 Å². The van der Waals surface area contributed by atoms with E-state index in [4.69, 9.17) is 4.74 Å². The first-order valence-corrected chi connectivity index (χ1v) is 9.50. The molecule has 1 fully saturated rings. The zero-order chi connectivity index (χ0) is 17.6. The molecule has 3 rings (SSSR count). The van der Waals surface area contributed by atoms with Crippen LogP contribution in [0.25, 0.3) is 0 Å². The first-order chi connectivity index (χ1) is 12.2. The van der Waals surface area contributed by atoms with E-state index in [9.17, 15) is 4.79 Å². The van der Waals surface area contributed by atoms with Crippen molar-refractivity contribution in [2.45, 2.75) is 17.9 Å². The molecular formula is C20H24N2O2S. The number of hydrogen-bond acceptors (Lipinski definition) is 4. The average molecular weight is 356 g/mol. The van der Waals surface area contributed by atoms with E-state index in [0.29, 0.717) is 5.75 Å². The Bertz CT molecular complexity index is 718. The second-order valence-electron chi connectivity index (χ2n) is 6.15. The average Bonchev–Trinajstić information content (AvgIpc) is 2.67. The smallest absolute Gasteiger partial charge is 0.233 e. The van der Waals surface area contributed by atoms with E-state index in [0.717, 1.165) is 35.8 Å². The Labute approximate surface area is 153 Å². The summed E-state index contributed by atoms with van der Waals surface area (Å²) < 4.78 is 5.50. The number of nitrogens with one attached hydrogen (secondary N) is 1. The third-order valence-corrected chi connectivity index (χ3v) is 5.44. The number of rotatable bonds is 5. The molecule has 0 aliphatic carbocycles. The third-order valence-electron chi connectivity index (χ3n) is 4.44. The largest absolute Gasteiger partial charge is 0.496 e. The standard InChI is InChI=1S/C20H24N2O2S/c1-15-7-9-16(10-8-15)25-14-20(23)22-12-11-21-13-18(22)17-5-3-4-6-19(17)24-2/h3-10,18,21H,11-14H2,1-2H3. The Morgan fingerprint density at radius 1 is 1.24 bits per heavy atom. The van der Waals surface area contributed by atoms with Crippen molar-refractivity contribution in [2.75, 3.05) is 32.5 Å². The second kappa shape index (κ2) is 8.41. The summed E-state index contributed by atoms with van der Waals surface area (Å²) in [6, 6.07) is 16.3. The molecule has 1 heterocycles. The fourth-order valence-corrected chi connectivity index (χ4v) is 3.87. The minimum absolute atomic E-state index is 0.0102. The predicted octanol–water partition coefficient (Wildman–Crippen LogP) is 3.27. The minimum Gasteiger partial charge on any atom is -0.496 e. The number of thioether (sulfide) groups is 1. The molecule has 25 heavy (non-hydrogen) atoms. The first-order valence-electron chi connectivity index (χ1n) is 8.51. The number of piperazine rings is 1. The van der Waals surface area contributed by atoms with E-state index in [-0.39, 0.29) is 11.9 Å². The lowest BCUT2D eigenvalue weighted by Crippen LogP contribution is -2.49. The summed E-state index contributed by atoms with van der Waals surface area (Å²) in [4.78, 5) is 16.0. The number of hydrogen-bond donors (Lipinski definition) is 1. The van der Waals surface area contributed by atoms with Crippen LogP contribution in [0.3, 0.4) is 0 Å². The number of carbonyl (C=O) groups excluding carboxylic acids is 1. The Morgan fingerprint density at radius 2 is 2.00 bits per heavy atom. The minimum atomic E-state index is 0.0102. The number of carbonyl (C=O) groups is 1. The highest BCUT2D eigenvalue weighted by Gasteiger charge is 2.29. The molecule has 0 radical (unpaired) electrons. The number of para-hydroxylation sites is 1. The lowest BCUT2D eigenvalue weighted by molar-refractivity contribution is -0.131. The van der Waals surface area contributed by atoms with E-state index in [2.05, 4.69) is 36.5 Å². The summed E-state index contributed by atoms with van der Waals surface area (Å²) in [7, 11) is 1.68. The van der Waals surface area contributed by atoms with Crippen molar-refractivity contribution in [1.82, 2.24) is 10.2 Å². The molecule has 1 amide bonds. The van der Waals surface area contributed by atoms with Crippen LogP contribution in [-0.2, 0) is 4.79 Å². The molecule has 5 heteroatoms. The number of aryl methyl sites for hydroxylation is 1. The van der Waals surface area contributed by atoms with Crippen LogP contribution in [0.5, 0.6) is 5.75 Å². The van der Waals surface area contributed by atoms with Gasteiger partial charge in [0.1, 0.15) is 5.75 Å². The van der Waals surface area contributed by atoms with Crippen molar-refractivity contribution >= 4 is 17.7 Å². The zero-order valence-corrected chi connectivity index (χ0v) is 15.5. The van der Waals surface area contributed by atoms with Crippen LogP contribution >= 0.6 is 11.8 Å². The molecule has 0 aromatic heterocycles. The topological polar surface area (TPSA) is 41.6 Å². The zero-order valence-electron chi connectivity index (χ0n) is 14.7. The second-order valence-corrected chi connectivity index (χ2v) is 7.20. The van der Waals surface area contributed by atoms with E-state index in [1.807, 2.05) is 29.2 Å². The van der Waals surface area contributed by atoms with Gasteiger partial charge < -0.3 is 15.0 Å². The maximum Gasteiger partial charge on any atom is 0.233 e. The summed E-state index contributed by atoms with van der Waals surface area (Å²) in [6.45, 7) is 4.36. The van der Waals surface area contributed by atoms with Crippen LogP contribution in [0.15, 0.2) is 53.4 Å². The number of nitrogens with zero attached hydrogens (tertiary/aromatic N) is 1. The fourth-order valence-electron chi connectivity index (χ4n) is 3.08.